The number of allylic oxidation sites excluding steroid dienone is 1. The first-order valence-corrected chi connectivity index (χ1v) is 6.18. The van der Waals surface area contributed by atoms with E-state index in [2.05, 4.69) is 6.58 Å². The summed E-state index contributed by atoms with van der Waals surface area (Å²) >= 11 is 0. The van der Waals surface area contributed by atoms with Crippen molar-refractivity contribution < 1.29 is 4.79 Å². The van der Waals surface area contributed by atoms with Gasteiger partial charge in [0.15, 0.2) is 5.78 Å². The molecule has 2 N–H and O–H groups in total. The largest absolute Gasteiger partial charge is 0.398 e. The van der Waals surface area contributed by atoms with Gasteiger partial charge in [-0.1, -0.05) is 44.3 Å². The third-order valence-electron chi connectivity index (χ3n) is 3.40. The number of ketones is 1. The number of carbonyl (C=O) groups is 1. The number of carbonyl (C=O) groups excluding carboxylic acids is 1. The molecule has 0 fully saturated rings. The smallest absolute Gasteiger partial charge is 0.187 e. The van der Waals surface area contributed by atoms with E-state index >= 15 is 0 Å². The lowest BCUT2D eigenvalue weighted by atomic mass is 9.91. The van der Waals surface area contributed by atoms with Crippen LogP contribution in [0.2, 0.25) is 0 Å². The number of nitrogen functional groups attached to an aromatic ring is 1. The summed E-state index contributed by atoms with van der Waals surface area (Å²) in [7, 11) is 0. The Kier molecular flexibility index (Phi) is 4.87. The second kappa shape index (κ2) is 6.20. The molecule has 0 aliphatic heterocycles. The first-order valence-electron chi connectivity index (χ1n) is 6.18. The summed E-state index contributed by atoms with van der Waals surface area (Å²) in [5.74, 6) is -0.129. The Morgan fingerprint density at radius 1 is 1.20 bits per heavy atom. The molecule has 0 saturated carbocycles. The van der Waals surface area contributed by atoms with Crippen LogP contribution in [0.1, 0.15) is 28.9 Å². The van der Waals surface area contributed by atoms with Gasteiger partial charge in [-0.2, -0.15) is 0 Å². The molecule has 20 heavy (non-hydrogen) atoms. The summed E-state index contributed by atoms with van der Waals surface area (Å²) in [5.41, 5.74) is 11.2. The van der Waals surface area contributed by atoms with E-state index in [4.69, 9.17) is 5.73 Å². The number of benzene rings is 2. The molecule has 104 valence electrons. The van der Waals surface area contributed by atoms with Crippen LogP contribution in [-0.2, 0) is 0 Å². The van der Waals surface area contributed by atoms with E-state index < -0.39 is 0 Å². The molecule has 0 aliphatic rings. The summed E-state index contributed by atoms with van der Waals surface area (Å²) in [6, 6.07) is 11.9. The maximum absolute atomic E-state index is 12.0. The molecule has 2 heteroatoms. The molecule has 0 heterocycles. The van der Waals surface area contributed by atoms with Crippen molar-refractivity contribution in [2.45, 2.75) is 21.3 Å². The molecular weight excluding hydrogens is 246 g/mol. The number of rotatable bonds is 3. The topological polar surface area (TPSA) is 43.1 Å². The first kappa shape index (κ1) is 15.7. The highest BCUT2D eigenvalue weighted by Crippen LogP contribution is 2.33. The fourth-order valence-electron chi connectivity index (χ4n) is 2.21. The number of hydrogen-bond donors (Lipinski definition) is 1. The van der Waals surface area contributed by atoms with Crippen LogP contribution < -0.4 is 5.73 Å². The van der Waals surface area contributed by atoms with E-state index in [1.165, 1.54) is 6.08 Å². The standard InChI is InChI=1S/C17H17NO.CH4/c1-4-15(19)16-12(3)11(2)10-14(17(16)18)13-8-6-5-7-9-13;/h4-10H,1,18H2,2-3H3;1H4. The van der Waals surface area contributed by atoms with E-state index in [1.54, 1.807) is 0 Å². The number of hydrogen-bond acceptors (Lipinski definition) is 2. The van der Waals surface area contributed by atoms with Gasteiger partial charge in [-0.15, -0.1) is 0 Å². The third kappa shape index (κ3) is 2.64. The maximum atomic E-state index is 12.0. The third-order valence-corrected chi connectivity index (χ3v) is 3.40. The van der Waals surface area contributed by atoms with Crippen LogP contribution in [0.4, 0.5) is 5.69 Å². The van der Waals surface area contributed by atoms with E-state index in [-0.39, 0.29) is 13.2 Å². The van der Waals surface area contributed by atoms with Crippen LogP contribution in [0.5, 0.6) is 0 Å². The molecule has 0 spiro atoms. The minimum atomic E-state index is -0.129. The van der Waals surface area contributed by atoms with Gasteiger partial charge in [-0.25, -0.2) is 0 Å². The molecule has 0 amide bonds. The molecule has 0 unspecified atom stereocenters. The minimum absolute atomic E-state index is 0. The molecular formula is C18H21NO. The average Bonchev–Trinajstić information content (AvgIpc) is 2.43. The Morgan fingerprint density at radius 3 is 2.35 bits per heavy atom. The van der Waals surface area contributed by atoms with Crippen molar-refractivity contribution in [2.75, 3.05) is 5.73 Å². The molecule has 0 bridgehead atoms. The van der Waals surface area contributed by atoms with Crippen molar-refractivity contribution in [1.82, 2.24) is 0 Å². The van der Waals surface area contributed by atoms with Gasteiger partial charge in [-0.3, -0.25) is 4.79 Å². The summed E-state index contributed by atoms with van der Waals surface area (Å²) in [6.07, 6.45) is 1.31. The van der Waals surface area contributed by atoms with Crippen molar-refractivity contribution >= 4 is 11.5 Å². The molecule has 2 aromatic carbocycles. The second-order valence-electron chi connectivity index (χ2n) is 4.59. The molecule has 2 rings (SSSR count). The highest BCUT2D eigenvalue weighted by atomic mass is 16.1. The SMILES string of the molecule is C.C=CC(=O)c1c(C)c(C)cc(-c2ccccc2)c1N. The van der Waals surface area contributed by atoms with Gasteiger partial charge >= 0.3 is 0 Å². The van der Waals surface area contributed by atoms with Crippen molar-refractivity contribution in [2.24, 2.45) is 0 Å². The quantitative estimate of drug-likeness (QED) is 0.503. The maximum Gasteiger partial charge on any atom is 0.187 e. The number of aryl methyl sites for hydroxylation is 1. The first-order chi connectivity index (χ1) is 9.06. The molecule has 0 aromatic heterocycles. The van der Waals surface area contributed by atoms with Gasteiger partial charge in [0.1, 0.15) is 0 Å². The predicted octanol–water partition coefficient (Wildman–Crippen LogP) is 4.56. The van der Waals surface area contributed by atoms with Crippen molar-refractivity contribution in [3.05, 3.63) is 65.7 Å². The fourth-order valence-corrected chi connectivity index (χ4v) is 2.21. The normalized spacial score (nSPS) is 9.70. The summed E-state index contributed by atoms with van der Waals surface area (Å²) in [6.45, 7) is 7.45. The summed E-state index contributed by atoms with van der Waals surface area (Å²) < 4.78 is 0. The van der Waals surface area contributed by atoms with Gasteiger partial charge in [-0.05, 0) is 42.7 Å². The summed E-state index contributed by atoms with van der Waals surface area (Å²) in [4.78, 5) is 12.0. The minimum Gasteiger partial charge on any atom is -0.398 e. The van der Waals surface area contributed by atoms with Crippen LogP contribution in [0, 0.1) is 13.8 Å². The van der Waals surface area contributed by atoms with Gasteiger partial charge in [0.25, 0.3) is 0 Å². The lowest BCUT2D eigenvalue weighted by molar-refractivity contribution is 0.104. The number of nitrogens with two attached hydrogens (primary N) is 1. The second-order valence-corrected chi connectivity index (χ2v) is 4.59. The Bertz CT molecular complexity index is 642. The molecule has 0 atom stereocenters. The monoisotopic (exact) mass is 267 g/mol. The summed E-state index contributed by atoms with van der Waals surface area (Å²) in [5, 5.41) is 0. The van der Waals surface area contributed by atoms with Crippen LogP contribution >= 0.6 is 0 Å². The van der Waals surface area contributed by atoms with Crippen molar-refractivity contribution in [3.63, 3.8) is 0 Å². The lowest BCUT2D eigenvalue weighted by Crippen LogP contribution is -2.07. The van der Waals surface area contributed by atoms with Crippen LogP contribution in [0.15, 0.2) is 49.1 Å². The molecule has 0 aliphatic carbocycles. The molecule has 2 aromatic rings. The highest BCUT2D eigenvalue weighted by Gasteiger charge is 2.16. The Balaban J connectivity index is 0.00000200. The van der Waals surface area contributed by atoms with Gasteiger partial charge in [0.2, 0.25) is 0 Å². The Morgan fingerprint density at radius 2 is 1.80 bits per heavy atom. The zero-order valence-electron chi connectivity index (χ0n) is 11.2. The molecule has 2 nitrogen and oxygen atoms in total. The van der Waals surface area contributed by atoms with Crippen LogP contribution in [0.25, 0.3) is 11.1 Å². The lowest BCUT2D eigenvalue weighted by Gasteiger charge is -2.15. The van der Waals surface area contributed by atoms with E-state index in [0.717, 1.165) is 22.3 Å². The van der Waals surface area contributed by atoms with E-state index in [1.807, 2.05) is 50.2 Å². The van der Waals surface area contributed by atoms with Crippen molar-refractivity contribution in [3.8, 4) is 11.1 Å². The Hall–Kier alpha value is -2.35. The van der Waals surface area contributed by atoms with Gasteiger partial charge in [0, 0.05) is 11.1 Å². The Labute approximate surface area is 120 Å². The van der Waals surface area contributed by atoms with E-state index in [0.29, 0.717) is 11.3 Å². The van der Waals surface area contributed by atoms with Crippen molar-refractivity contribution in [1.29, 1.82) is 0 Å². The fraction of sp³-hybridized carbons (Fsp3) is 0.167. The average molecular weight is 267 g/mol. The zero-order chi connectivity index (χ0) is 14.0. The molecule has 0 saturated heterocycles. The van der Waals surface area contributed by atoms with Gasteiger partial charge in [0.05, 0.1) is 5.69 Å². The van der Waals surface area contributed by atoms with Gasteiger partial charge < -0.3 is 5.73 Å². The van der Waals surface area contributed by atoms with Crippen LogP contribution in [0.3, 0.4) is 0 Å². The zero-order valence-corrected chi connectivity index (χ0v) is 11.2. The predicted molar refractivity (Wildman–Crippen MR) is 87.0 cm³/mol. The van der Waals surface area contributed by atoms with E-state index in [9.17, 15) is 4.79 Å². The molecule has 0 radical (unpaired) electrons. The van der Waals surface area contributed by atoms with Crippen LogP contribution in [-0.4, -0.2) is 5.78 Å². The highest BCUT2D eigenvalue weighted by molar-refractivity contribution is 6.11. The number of anilines is 1.